The summed E-state index contributed by atoms with van der Waals surface area (Å²) in [7, 11) is 0. The van der Waals surface area contributed by atoms with E-state index >= 15 is 0 Å². The molecule has 2 rings (SSSR count). The van der Waals surface area contributed by atoms with E-state index in [1.165, 1.54) is 0 Å². The molecule has 0 aliphatic heterocycles. The van der Waals surface area contributed by atoms with Crippen LogP contribution in [0, 0.1) is 6.20 Å². The number of aromatic nitrogens is 3. The minimum absolute atomic E-state index is 0.883. The van der Waals surface area contributed by atoms with Crippen LogP contribution in [-0.4, -0.2) is 15.2 Å². The summed E-state index contributed by atoms with van der Waals surface area (Å²) in [4.78, 5) is 2.99. The van der Waals surface area contributed by atoms with Crippen molar-refractivity contribution >= 4 is 11.0 Å². The van der Waals surface area contributed by atoms with Gasteiger partial charge in [-0.25, -0.2) is 0 Å². The largest absolute Gasteiger partial charge is 0.360 e. The quantitative estimate of drug-likeness (QED) is 0.554. The second-order valence-electron chi connectivity index (χ2n) is 1.75. The van der Waals surface area contributed by atoms with Gasteiger partial charge in [-0.2, -0.15) is 0 Å². The molecule has 1 N–H and O–H groups in total. The fourth-order valence-electron chi connectivity index (χ4n) is 0.753. The molecular weight excluding hydrogens is 114 g/mol. The van der Waals surface area contributed by atoms with Crippen LogP contribution in [0.3, 0.4) is 0 Å². The van der Waals surface area contributed by atoms with Crippen molar-refractivity contribution in [2.45, 2.75) is 0 Å². The molecule has 9 heavy (non-hydrogen) atoms. The van der Waals surface area contributed by atoms with Gasteiger partial charge in [0.1, 0.15) is 11.7 Å². The Kier molecular flexibility index (Phi) is 0.773. The summed E-state index contributed by atoms with van der Waals surface area (Å²) >= 11 is 0. The number of fused-ring (bicyclic) bond motifs is 1. The zero-order valence-corrected chi connectivity index (χ0v) is 4.63. The first kappa shape index (κ1) is 4.49. The van der Waals surface area contributed by atoms with Gasteiger partial charge < -0.3 is 4.98 Å². The molecule has 2 heterocycles. The number of aromatic amines is 1. The minimum Gasteiger partial charge on any atom is -0.360 e. The normalized spacial score (nSPS) is 10.2. The highest BCUT2D eigenvalue weighted by molar-refractivity contribution is 5.73. The predicted molar refractivity (Wildman–Crippen MR) is 32.7 cm³/mol. The smallest absolute Gasteiger partial charge is 0.115 e. The van der Waals surface area contributed by atoms with E-state index in [-0.39, 0.29) is 0 Å². The standard InChI is InChI=1S/C6H4N3/c1-3-7-5-2-4-8-9-6(1)5/h1-3,7H. The van der Waals surface area contributed by atoms with Crippen molar-refractivity contribution in [3.63, 3.8) is 0 Å². The first-order valence-corrected chi connectivity index (χ1v) is 2.64. The Balaban J connectivity index is 2.95. The molecule has 3 heteroatoms. The van der Waals surface area contributed by atoms with Crippen molar-refractivity contribution in [2.75, 3.05) is 0 Å². The second-order valence-corrected chi connectivity index (χ2v) is 1.75. The van der Waals surface area contributed by atoms with Crippen LogP contribution < -0.4 is 0 Å². The molecule has 1 radical (unpaired) electrons. The molecule has 0 saturated heterocycles. The van der Waals surface area contributed by atoms with Crippen LogP contribution in [0.25, 0.3) is 11.0 Å². The Hall–Kier alpha value is -1.38. The maximum absolute atomic E-state index is 3.80. The zero-order chi connectivity index (χ0) is 6.10. The van der Waals surface area contributed by atoms with Crippen molar-refractivity contribution in [3.8, 4) is 0 Å². The third kappa shape index (κ3) is 0.579. The molecule has 0 saturated carbocycles. The molecule has 0 aliphatic carbocycles. The number of rotatable bonds is 0. The lowest BCUT2D eigenvalue weighted by molar-refractivity contribution is 1.07. The molecule has 0 amide bonds. The summed E-state index contributed by atoms with van der Waals surface area (Å²) in [5.74, 6) is 0. The lowest BCUT2D eigenvalue weighted by Gasteiger charge is -1.80. The molecule has 0 aromatic carbocycles. The molecule has 3 nitrogen and oxygen atoms in total. The molecule has 0 fully saturated rings. The topological polar surface area (TPSA) is 41.6 Å². The van der Waals surface area contributed by atoms with E-state index in [1.807, 2.05) is 12.3 Å². The van der Waals surface area contributed by atoms with E-state index in [0.29, 0.717) is 0 Å². The molecule has 0 aliphatic rings. The van der Waals surface area contributed by atoms with E-state index in [4.69, 9.17) is 0 Å². The van der Waals surface area contributed by atoms with Crippen LogP contribution in [0.5, 0.6) is 0 Å². The van der Waals surface area contributed by atoms with Crippen LogP contribution in [0.2, 0.25) is 0 Å². The Labute approximate surface area is 51.7 Å². The van der Waals surface area contributed by atoms with Crippen LogP contribution in [0.4, 0.5) is 0 Å². The van der Waals surface area contributed by atoms with Crippen molar-refractivity contribution in [2.24, 2.45) is 0 Å². The summed E-state index contributed by atoms with van der Waals surface area (Å²) in [5.41, 5.74) is 1.86. The molecule has 0 unspecified atom stereocenters. The number of H-pyrrole nitrogens is 1. The van der Waals surface area contributed by atoms with Crippen LogP contribution >= 0.6 is 0 Å². The second kappa shape index (κ2) is 1.55. The fraction of sp³-hybridized carbons (Fsp3) is 0. The van der Waals surface area contributed by atoms with E-state index in [1.54, 1.807) is 6.07 Å². The number of nitrogens with zero attached hydrogens (tertiary/aromatic N) is 2. The molecular formula is C6H4N3. The Morgan fingerprint density at radius 3 is 3.44 bits per heavy atom. The summed E-state index contributed by atoms with van der Waals surface area (Å²) in [6.45, 7) is 0. The van der Waals surface area contributed by atoms with Crippen LogP contribution in [-0.2, 0) is 0 Å². The van der Waals surface area contributed by atoms with Gasteiger partial charge in [-0.15, -0.1) is 10.2 Å². The van der Waals surface area contributed by atoms with Crippen molar-refractivity contribution < 1.29 is 0 Å². The number of nitrogens with one attached hydrogen (secondary N) is 1. The van der Waals surface area contributed by atoms with E-state index in [2.05, 4.69) is 21.4 Å². The highest BCUT2D eigenvalue weighted by atomic mass is 15.1. The maximum atomic E-state index is 3.80. The van der Waals surface area contributed by atoms with E-state index < -0.39 is 0 Å². The average molecular weight is 118 g/mol. The molecule has 2 aromatic rings. The molecule has 0 spiro atoms. The van der Waals surface area contributed by atoms with Gasteiger partial charge in [-0.1, -0.05) is 0 Å². The highest BCUT2D eigenvalue weighted by Gasteiger charge is 1.90. The van der Waals surface area contributed by atoms with E-state index in [0.717, 1.165) is 11.0 Å². The van der Waals surface area contributed by atoms with Crippen molar-refractivity contribution in [1.82, 2.24) is 15.2 Å². The maximum Gasteiger partial charge on any atom is 0.115 e. The van der Waals surface area contributed by atoms with Crippen LogP contribution in [0.1, 0.15) is 0 Å². The highest BCUT2D eigenvalue weighted by Crippen LogP contribution is 2.03. The SMILES string of the molecule is [c]1cc2[nH]ccc2nn1. The zero-order valence-electron chi connectivity index (χ0n) is 4.63. The summed E-state index contributed by atoms with van der Waals surface area (Å²) < 4.78 is 0. The fourth-order valence-corrected chi connectivity index (χ4v) is 0.753. The van der Waals surface area contributed by atoms with Gasteiger partial charge in [0.05, 0.1) is 5.52 Å². The summed E-state index contributed by atoms with van der Waals surface area (Å²) in [6, 6.07) is 3.64. The third-order valence-electron chi connectivity index (χ3n) is 1.18. The first-order valence-electron chi connectivity index (χ1n) is 2.64. The third-order valence-corrected chi connectivity index (χ3v) is 1.18. The molecule has 0 atom stereocenters. The molecule has 43 valence electrons. The van der Waals surface area contributed by atoms with Gasteiger partial charge in [-0.05, 0) is 12.1 Å². The molecule has 2 aromatic heterocycles. The Bertz CT molecular complexity index is 282. The monoisotopic (exact) mass is 118 g/mol. The lowest BCUT2D eigenvalue weighted by atomic mass is 10.4. The van der Waals surface area contributed by atoms with Gasteiger partial charge >= 0.3 is 0 Å². The van der Waals surface area contributed by atoms with Gasteiger partial charge in [0.2, 0.25) is 0 Å². The van der Waals surface area contributed by atoms with E-state index in [9.17, 15) is 0 Å². The lowest BCUT2D eigenvalue weighted by Crippen LogP contribution is -1.77. The molecule has 0 bridgehead atoms. The first-order chi connectivity index (χ1) is 4.47. The van der Waals surface area contributed by atoms with Crippen molar-refractivity contribution in [3.05, 3.63) is 24.5 Å². The van der Waals surface area contributed by atoms with Gasteiger partial charge in [0.25, 0.3) is 0 Å². The van der Waals surface area contributed by atoms with Gasteiger partial charge in [0.15, 0.2) is 0 Å². The predicted octanol–water partition coefficient (Wildman–Crippen LogP) is 0.758. The summed E-state index contributed by atoms with van der Waals surface area (Å²) in [5, 5.41) is 7.39. The minimum atomic E-state index is 0.883. The van der Waals surface area contributed by atoms with Gasteiger partial charge in [0, 0.05) is 6.20 Å². The summed E-state index contributed by atoms with van der Waals surface area (Å²) in [6.07, 6.45) is 4.46. The van der Waals surface area contributed by atoms with Crippen LogP contribution in [0.15, 0.2) is 18.3 Å². The average Bonchev–Trinajstić information content (AvgIpc) is 2.33. The van der Waals surface area contributed by atoms with Gasteiger partial charge in [-0.3, -0.25) is 0 Å². The van der Waals surface area contributed by atoms with Crippen molar-refractivity contribution in [1.29, 1.82) is 0 Å². The Morgan fingerprint density at radius 2 is 2.56 bits per heavy atom. The number of hydrogen-bond donors (Lipinski definition) is 1. The number of hydrogen-bond acceptors (Lipinski definition) is 2. The Morgan fingerprint density at radius 1 is 1.56 bits per heavy atom.